The van der Waals surface area contributed by atoms with Gasteiger partial charge in [-0.1, -0.05) is 72.8 Å². The molecule has 1 atom stereocenters. The Labute approximate surface area is 234 Å². The summed E-state index contributed by atoms with van der Waals surface area (Å²) in [6.45, 7) is 0.577. The maximum Gasteiger partial charge on any atom is 0.258 e. The minimum absolute atomic E-state index is 0.0746. The fourth-order valence-corrected chi connectivity index (χ4v) is 6.02. The quantitative estimate of drug-likeness (QED) is 0.282. The maximum atomic E-state index is 13.8. The first-order chi connectivity index (χ1) is 19.5. The number of amides is 2. The molecule has 5 nitrogen and oxygen atoms in total. The minimum Gasteiger partial charge on any atom is -0.322 e. The van der Waals surface area contributed by atoms with Crippen molar-refractivity contribution in [3.63, 3.8) is 0 Å². The highest BCUT2D eigenvalue weighted by Crippen LogP contribution is 2.45. The Hall–Kier alpha value is -4.77. The van der Waals surface area contributed by atoms with Gasteiger partial charge in [-0.15, -0.1) is 0 Å². The van der Waals surface area contributed by atoms with E-state index in [1.807, 2.05) is 77.7 Å². The average molecular weight is 527 g/mol. The molecule has 2 aliphatic rings. The molecular formula is C35H30N2O3. The number of carbonyl (C=O) groups is 3. The number of benzene rings is 4. The number of aldehydes is 1. The van der Waals surface area contributed by atoms with E-state index >= 15 is 0 Å². The van der Waals surface area contributed by atoms with Crippen LogP contribution in [-0.2, 0) is 11.2 Å². The minimum atomic E-state index is -0.204. The van der Waals surface area contributed by atoms with Gasteiger partial charge in [-0.3, -0.25) is 14.4 Å². The molecule has 4 aromatic carbocycles. The number of fused-ring (bicyclic) bond motifs is 1. The van der Waals surface area contributed by atoms with Crippen molar-refractivity contribution in [3.05, 3.63) is 131 Å². The lowest BCUT2D eigenvalue weighted by Crippen LogP contribution is -2.33. The molecule has 0 fully saturated rings. The fraction of sp³-hybridized carbons (Fsp3) is 0.171. The summed E-state index contributed by atoms with van der Waals surface area (Å²) in [6, 6.07) is 32.5. The molecule has 40 heavy (non-hydrogen) atoms. The topological polar surface area (TPSA) is 66.5 Å². The Morgan fingerprint density at radius 1 is 0.800 bits per heavy atom. The van der Waals surface area contributed by atoms with E-state index in [0.717, 1.165) is 59.9 Å². The highest BCUT2D eigenvalue weighted by atomic mass is 16.2. The van der Waals surface area contributed by atoms with E-state index in [1.54, 1.807) is 24.3 Å². The summed E-state index contributed by atoms with van der Waals surface area (Å²) < 4.78 is 0. The van der Waals surface area contributed by atoms with Gasteiger partial charge >= 0.3 is 0 Å². The highest BCUT2D eigenvalue weighted by Gasteiger charge is 2.37. The first-order valence-electron chi connectivity index (χ1n) is 13.7. The summed E-state index contributed by atoms with van der Waals surface area (Å²) in [5.74, 6) is -0.279. The number of hydrogen-bond donors (Lipinski definition) is 1. The molecule has 4 aromatic rings. The SMILES string of the molecule is O=CC1=CC2(CC1)CCN(C(=O)c1ccc(NC(=O)c3ccccc3-c3ccccc3)cc1)c1ccccc1C2. The summed E-state index contributed by atoms with van der Waals surface area (Å²) >= 11 is 0. The Morgan fingerprint density at radius 3 is 2.30 bits per heavy atom. The van der Waals surface area contributed by atoms with Crippen LogP contribution in [0.1, 0.15) is 45.5 Å². The van der Waals surface area contributed by atoms with Gasteiger partial charge in [-0.25, -0.2) is 0 Å². The molecule has 5 heteroatoms. The summed E-state index contributed by atoms with van der Waals surface area (Å²) in [7, 11) is 0. The van der Waals surface area contributed by atoms with Crippen LogP contribution in [0.25, 0.3) is 11.1 Å². The molecule has 0 saturated heterocycles. The molecule has 1 heterocycles. The zero-order valence-electron chi connectivity index (χ0n) is 22.2. The Morgan fingerprint density at radius 2 is 1.52 bits per heavy atom. The van der Waals surface area contributed by atoms with Gasteiger partial charge in [0.1, 0.15) is 6.29 Å². The molecule has 0 saturated carbocycles. The van der Waals surface area contributed by atoms with Gasteiger partial charge in [0.05, 0.1) is 0 Å². The number of carbonyl (C=O) groups excluding carboxylic acids is 3. The second-order valence-corrected chi connectivity index (χ2v) is 10.7. The highest BCUT2D eigenvalue weighted by molar-refractivity contribution is 6.10. The van der Waals surface area contributed by atoms with Gasteiger partial charge in [0.25, 0.3) is 11.8 Å². The number of para-hydroxylation sites is 1. The molecule has 0 radical (unpaired) electrons. The van der Waals surface area contributed by atoms with Crippen molar-refractivity contribution in [1.29, 1.82) is 0 Å². The van der Waals surface area contributed by atoms with Gasteiger partial charge in [-0.2, -0.15) is 0 Å². The number of hydrogen-bond acceptors (Lipinski definition) is 3. The molecule has 2 amide bonds. The predicted octanol–water partition coefficient (Wildman–Crippen LogP) is 7.10. The van der Waals surface area contributed by atoms with Crippen LogP contribution in [0.3, 0.4) is 0 Å². The standard InChI is InChI=1S/C35H30N2O3/c38-24-25-18-19-35(22-25)20-21-37(32-13-7-4-10-28(32)23-35)34(40)27-14-16-29(17-15-27)36-33(39)31-12-6-5-11-30(31)26-8-2-1-3-9-26/h1-17,22,24H,18-21,23H2,(H,36,39). The molecule has 6 rings (SSSR count). The smallest absolute Gasteiger partial charge is 0.258 e. The Kier molecular flexibility index (Phi) is 6.87. The third kappa shape index (κ3) is 4.98. The van der Waals surface area contributed by atoms with Gasteiger partial charge < -0.3 is 10.2 Å². The third-order valence-corrected chi connectivity index (χ3v) is 8.10. The molecule has 1 N–H and O–H groups in total. The lowest BCUT2D eigenvalue weighted by molar-refractivity contribution is -0.105. The lowest BCUT2D eigenvalue weighted by atomic mass is 9.79. The normalized spacial score (nSPS) is 18.0. The van der Waals surface area contributed by atoms with Crippen molar-refractivity contribution in [2.24, 2.45) is 5.41 Å². The zero-order valence-corrected chi connectivity index (χ0v) is 22.2. The molecular weight excluding hydrogens is 496 g/mol. The van der Waals surface area contributed by atoms with E-state index < -0.39 is 0 Å². The van der Waals surface area contributed by atoms with Crippen molar-refractivity contribution in [2.45, 2.75) is 25.7 Å². The molecule has 1 unspecified atom stereocenters. The summed E-state index contributed by atoms with van der Waals surface area (Å²) in [4.78, 5) is 40.2. The van der Waals surface area contributed by atoms with Crippen LogP contribution in [0.15, 0.2) is 115 Å². The van der Waals surface area contributed by atoms with E-state index in [0.29, 0.717) is 23.4 Å². The van der Waals surface area contributed by atoms with Crippen LogP contribution in [0, 0.1) is 5.41 Å². The fourth-order valence-electron chi connectivity index (χ4n) is 6.02. The number of anilines is 2. The van der Waals surface area contributed by atoms with Crippen LogP contribution >= 0.6 is 0 Å². The zero-order chi connectivity index (χ0) is 27.5. The summed E-state index contributed by atoms with van der Waals surface area (Å²) in [5, 5.41) is 2.98. The number of allylic oxidation sites excluding steroid dienone is 2. The molecule has 1 aliphatic heterocycles. The maximum absolute atomic E-state index is 13.8. The van der Waals surface area contributed by atoms with Gasteiger partial charge in [-0.05, 0) is 89.8 Å². The number of rotatable bonds is 5. The van der Waals surface area contributed by atoms with E-state index in [-0.39, 0.29) is 17.2 Å². The predicted molar refractivity (Wildman–Crippen MR) is 159 cm³/mol. The van der Waals surface area contributed by atoms with Gasteiger partial charge in [0.2, 0.25) is 0 Å². The van der Waals surface area contributed by atoms with E-state index in [4.69, 9.17) is 0 Å². The van der Waals surface area contributed by atoms with E-state index in [1.165, 1.54) is 0 Å². The number of nitrogens with zero attached hydrogens (tertiary/aromatic N) is 1. The van der Waals surface area contributed by atoms with E-state index in [9.17, 15) is 14.4 Å². The van der Waals surface area contributed by atoms with Gasteiger partial charge in [0, 0.05) is 29.0 Å². The van der Waals surface area contributed by atoms with Crippen molar-refractivity contribution in [2.75, 3.05) is 16.8 Å². The van der Waals surface area contributed by atoms with Crippen molar-refractivity contribution in [1.82, 2.24) is 0 Å². The van der Waals surface area contributed by atoms with Crippen LogP contribution in [0.5, 0.6) is 0 Å². The van der Waals surface area contributed by atoms with Crippen LogP contribution in [0.2, 0.25) is 0 Å². The molecule has 1 aliphatic carbocycles. The summed E-state index contributed by atoms with van der Waals surface area (Å²) in [5.41, 5.74) is 6.42. The van der Waals surface area contributed by atoms with Crippen molar-refractivity contribution >= 4 is 29.5 Å². The van der Waals surface area contributed by atoms with Crippen LogP contribution in [-0.4, -0.2) is 24.6 Å². The van der Waals surface area contributed by atoms with Crippen LogP contribution in [0.4, 0.5) is 11.4 Å². The van der Waals surface area contributed by atoms with Crippen LogP contribution < -0.4 is 10.2 Å². The first kappa shape index (κ1) is 25.5. The second-order valence-electron chi connectivity index (χ2n) is 10.7. The Bertz CT molecular complexity index is 1610. The Balaban J connectivity index is 1.21. The summed E-state index contributed by atoms with van der Waals surface area (Å²) in [6.07, 6.45) is 6.45. The molecule has 0 bridgehead atoms. The van der Waals surface area contributed by atoms with Crippen molar-refractivity contribution < 1.29 is 14.4 Å². The molecule has 0 aromatic heterocycles. The lowest BCUT2D eigenvalue weighted by Gasteiger charge is -2.26. The third-order valence-electron chi connectivity index (χ3n) is 8.10. The molecule has 1 spiro atoms. The van der Waals surface area contributed by atoms with Gasteiger partial charge in [0.15, 0.2) is 0 Å². The molecule has 198 valence electrons. The van der Waals surface area contributed by atoms with Crippen molar-refractivity contribution in [3.8, 4) is 11.1 Å². The first-order valence-corrected chi connectivity index (χ1v) is 13.7. The number of nitrogens with one attached hydrogen (secondary N) is 1. The van der Waals surface area contributed by atoms with E-state index in [2.05, 4.69) is 17.5 Å². The largest absolute Gasteiger partial charge is 0.322 e. The monoisotopic (exact) mass is 526 g/mol. The second kappa shape index (κ2) is 10.8. The average Bonchev–Trinajstić information content (AvgIpc) is 3.33.